The van der Waals surface area contributed by atoms with Gasteiger partial charge >= 0.3 is 0 Å². The first-order valence-electron chi connectivity index (χ1n) is 6.05. The molecule has 1 aromatic heterocycles. The van der Waals surface area contributed by atoms with Crippen molar-refractivity contribution in [1.82, 2.24) is 20.5 Å². The lowest BCUT2D eigenvalue weighted by molar-refractivity contribution is 0.792. The van der Waals surface area contributed by atoms with E-state index in [2.05, 4.69) is 38.7 Å². The quantitative estimate of drug-likeness (QED) is 0.833. The summed E-state index contributed by atoms with van der Waals surface area (Å²) in [6.45, 7) is 0.950. The molecule has 0 aliphatic carbocycles. The zero-order chi connectivity index (χ0) is 13.0. The van der Waals surface area contributed by atoms with Crippen LogP contribution in [0.2, 0.25) is 0 Å². The zero-order valence-corrected chi connectivity index (χ0v) is 11.1. The number of hydrogen-bond acceptors (Lipinski definition) is 4. The van der Waals surface area contributed by atoms with Crippen LogP contribution in [0.1, 0.15) is 5.56 Å². The number of anilines is 1. The number of benzene rings is 1. The molecule has 0 aliphatic heterocycles. The van der Waals surface area contributed by atoms with Crippen molar-refractivity contribution in [3.63, 3.8) is 0 Å². The van der Waals surface area contributed by atoms with E-state index < -0.39 is 0 Å². The second-order valence-corrected chi connectivity index (χ2v) is 4.39. The Kier molecular flexibility index (Phi) is 3.94. The van der Waals surface area contributed by atoms with Crippen molar-refractivity contribution < 1.29 is 0 Å². The van der Waals surface area contributed by atoms with Gasteiger partial charge in [-0.1, -0.05) is 24.3 Å². The van der Waals surface area contributed by atoms with Crippen molar-refractivity contribution in [2.45, 2.75) is 6.42 Å². The zero-order valence-electron chi connectivity index (χ0n) is 11.1. The molecule has 2 rings (SSSR count). The van der Waals surface area contributed by atoms with E-state index in [1.165, 1.54) is 5.56 Å². The highest BCUT2D eigenvalue weighted by atomic mass is 15.3. The van der Waals surface area contributed by atoms with Gasteiger partial charge in [0.2, 0.25) is 5.95 Å². The highest BCUT2D eigenvalue weighted by molar-refractivity contribution is 5.61. The van der Waals surface area contributed by atoms with Gasteiger partial charge in [0.05, 0.1) is 0 Å². The van der Waals surface area contributed by atoms with E-state index in [1.54, 1.807) is 0 Å². The van der Waals surface area contributed by atoms with Crippen LogP contribution in [0.15, 0.2) is 24.3 Å². The Hall–Kier alpha value is -1.88. The van der Waals surface area contributed by atoms with Crippen LogP contribution in [0.3, 0.4) is 0 Å². The summed E-state index contributed by atoms with van der Waals surface area (Å²) < 4.78 is 0. The molecule has 2 N–H and O–H groups in total. The van der Waals surface area contributed by atoms with Crippen LogP contribution in [0.5, 0.6) is 0 Å². The minimum absolute atomic E-state index is 0.702. The second-order valence-electron chi connectivity index (χ2n) is 4.39. The number of nitrogens with one attached hydrogen (secondary N) is 2. The third kappa shape index (κ3) is 2.68. The maximum absolute atomic E-state index is 4.49. The third-order valence-corrected chi connectivity index (χ3v) is 2.79. The molecule has 2 aromatic rings. The van der Waals surface area contributed by atoms with E-state index in [0.29, 0.717) is 5.95 Å². The molecule has 0 saturated heterocycles. The maximum Gasteiger partial charge on any atom is 0.244 e. The normalized spacial score (nSPS) is 10.6. The molecule has 18 heavy (non-hydrogen) atoms. The first-order chi connectivity index (χ1) is 8.72. The number of H-pyrrole nitrogens is 1. The van der Waals surface area contributed by atoms with Gasteiger partial charge in [0.25, 0.3) is 0 Å². The largest absolute Gasteiger partial charge is 0.346 e. The van der Waals surface area contributed by atoms with E-state index in [-0.39, 0.29) is 0 Å². The Morgan fingerprint density at radius 2 is 2.06 bits per heavy atom. The number of aromatic amines is 1. The van der Waals surface area contributed by atoms with E-state index in [0.717, 1.165) is 24.4 Å². The van der Waals surface area contributed by atoms with Gasteiger partial charge in [-0.3, -0.25) is 5.10 Å². The fourth-order valence-electron chi connectivity index (χ4n) is 1.80. The minimum atomic E-state index is 0.702. The summed E-state index contributed by atoms with van der Waals surface area (Å²) in [4.78, 5) is 6.37. The number of nitrogens with zero attached hydrogens (tertiary/aromatic N) is 3. The topological polar surface area (TPSA) is 56.8 Å². The van der Waals surface area contributed by atoms with Crippen LogP contribution < -0.4 is 10.2 Å². The van der Waals surface area contributed by atoms with Crippen LogP contribution in [0.25, 0.3) is 11.4 Å². The number of rotatable bonds is 5. The van der Waals surface area contributed by atoms with Crippen LogP contribution >= 0.6 is 0 Å². The average Bonchev–Trinajstić information content (AvgIpc) is 2.86. The van der Waals surface area contributed by atoms with Gasteiger partial charge in [-0.25, -0.2) is 0 Å². The highest BCUT2D eigenvalue weighted by Gasteiger charge is 2.10. The molecule has 5 nitrogen and oxygen atoms in total. The first kappa shape index (κ1) is 12.6. The molecule has 0 aliphatic rings. The predicted molar refractivity (Wildman–Crippen MR) is 73.8 cm³/mol. The van der Waals surface area contributed by atoms with Crippen molar-refractivity contribution in [3.8, 4) is 11.4 Å². The average molecular weight is 245 g/mol. The lowest BCUT2D eigenvalue weighted by Crippen LogP contribution is -2.11. The number of hydrogen-bond donors (Lipinski definition) is 2. The van der Waals surface area contributed by atoms with Gasteiger partial charge < -0.3 is 10.2 Å². The third-order valence-electron chi connectivity index (χ3n) is 2.79. The molecule has 0 atom stereocenters. The Morgan fingerprint density at radius 1 is 1.28 bits per heavy atom. The van der Waals surface area contributed by atoms with Crippen LogP contribution in [-0.4, -0.2) is 42.9 Å². The Bertz CT molecular complexity index is 504. The molecule has 0 radical (unpaired) electrons. The maximum atomic E-state index is 4.49. The van der Waals surface area contributed by atoms with Crippen molar-refractivity contribution in [2.24, 2.45) is 0 Å². The van der Waals surface area contributed by atoms with Gasteiger partial charge in [0.1, 0.15) is 0 Å². The van der Waals surface area contributed by atoms with Gasteiger partial charge in [0, 0.05) is 19.7 Å². The summed E-state index contributed by atoms with van der Waals surface area (Å²) in [5, 5.41) is 10.3. The van der Waals surface area contributed by atoms with Crippen LogP contribution in [0.4, 0.5) is 5.95 Å². The molecule has 0 amide bonds. The van der Waals surface area contributed by atoms with E-state index in [9.17, 15) is 0 Å². The molecule has 1 aromatic carbocycles. The predicted octanol–water partition coefficient (Wildman–Crippen LogP) is 1.30. The summed E-state index contributed by atoms with van der Waals surface area (Å²) in [6.07, 6.45) is 0.977. The SMILES string of the molecule is CNCCc1ccccc1-c1nc(N(C)C)n[nH]1. The summed E-state index contributed by atoms with van der Waals surface area (Å²) in [5.74, 6) is 1.53. The fourth-order valence-corrected chi connectivity index (χ4v) is 1.80. The monoisotopic (exact) mass is 245 g/mol. The van der Waals surface area contributed by atoms with Crippen molar-refractivity contribution in [2.75, 3.05) is 32.6 Å². The van der Waals surface area contributed by atoms with Gasteiger partial charge in [0.15, 0.2) is 5.82 Å². The smallest absolute Gasteiger partial charge is 0.244 e. The molecule has 5 heteroatoms. The van der Waals surface area contributed by atoms with E-state index in [1.807, 2.05) is 32.1 Å². The molecule has 0 fully saturated rings. The lowest BCUT2D eigenvalue weighted by Gasteiger charge is -2.07. The summed E-state index contributed by atoms with van der Waals surface area (Å²) in [7, 11) is 5.82. The summed E-state index contributed by atoms with van der Waals surface area (Å²) >= 11 is 0. The highest BCUT2D eigenvalue weighted by Crippen LogP contribution is 2.21. The summed E-state index contributed by atoms with van der Waals surface area (Å²) in [5.41, 5.74) is 2.39. The molecule has 1 heterocycles. The number of aromatic nitrogens is 3. The standard InChI is InChI=1S/C13H19N5/c1-14-9-8-10-6-4-5-7-11(10)12-15-13(17-16-12)18(2)3/h4-7,14H,8-9H2,1-3H3,(H,15,16,17). The molecule has 0 bridgehead atoms. The van der Waals surface area contributed by atoms with Gasteiger partial charge in [-0.2, -0.15) is 4.98 Å². The van der Waals surface area contributed by atoms with E-state index >= 15 is 0 Å². The molecule has 96 valence electrons. The first-order valence-corrected chi connectivity index (χ1v) is 6.05. The number of likely N-dealkylation sites (N-methyl/N-ethyl adjacent to an activating group) is 1. The molecule has 0 saturated carbocycles. The second kappa shape index (κ2) is 5.64. The lowest BCUT2D eigenvalue weighted by atomic mass is 10.0. The van der Waals surface area contributed by atoms with Crippen molar-refractivity contribution in [1.29, 1.82) is 0 Å². The van der Waals surface area contributed by atoms with Crippen molar-refractivity contribution in [3.05, 3.63) is 29.8 Å². The molecule has 0 unspecified atom stereocenters. The molecule has 0 spiro atoms. The Labute approximate surface area is 107 Å². The van der Waals surface area contributed by atoms with Gasteiger partial charge in [-0.05, 0) is 25.6 Å². The Balaban J connectivity index is 2.30. The van der Waals surface area contributed by atoms with Crippen LogP contribution in [0, 0.1) is 0 Å². The summed E-state index contributed by atoms with van der Waals surface area (Å²) in [6, 6.07) is 8.28. The molecular formula is C13H19N5. The minimum Gasteiger partial charge on any atom is -0.346 e. The Morgan fingerprint density at radius 3 is 2.72 bits per heavy atom. The van der Waals surface area contributed by atoms with Crippen molar-refractivity contribution >= 4 is 5.95 Å². The van der Waals surface area contributed by atoms with Crippen LogP contribution in [-0.2, 0) is 6.42 Å². The molecular weight excluding hydrogens is 226 g/mol. The fraction of sp³-hybridized carbons (Fsp3) is 0.385. The van der Waals surface area contributed by atoms with Gasteiger partial charge in [-0.15, -0.1) is 5.10 Å². The van der Waals surface area contributed by atoms with E-state index in [4.69, 9.17) is 0 Å².